The van der Waals surface area contributed by atoms with Crippen LogP contribution in [-0.4, -0.2) is 126 Å². The van der Waals surface area contributed by atoms with E-state index in [1.54, 1.807) is 41.3 Å². The summed E-state index contributed by atoms with van der Waals surface area (Å²) in [5, 5.41) is 18.8. The first-order valence-corrected chi connectivity index (χ1v) is 21.3. The summed E-state index contributed by atoms with van der Waals surface area (Å²) in [7, 11) is 3.92. The van der Waals surface area contributed by atoms with Gasteiger partial charge in [0.15, 0.2) is 11.6 Å². The maximum atomic E-state index is 13.7. The Kier molecular flexibility index (Phi) is 15.6. The molecule has 1 aromatic heterocycles. The van der Waals surface area contributed by atoms with Gasteiger partial charge in [-0.15, -0.1) is 0 Å². The quantitative estimate of drug-likeness (QED) is 0.0504. The monoisotopic (exact) mass is 909 g/mol. The molecule has 4 aromatic rings. The predicted octanol–water partition coefficient (Wildman–Crippen LogP) is 4.35. The molecule has 0 bridgehead atoms. The van der Waals surface area contributed by atoms with Crippen LogP contribution in [0.3, 0.4) is 0 Å². The number of aromatic nitrogens is 2. The zero-order valence-corrected chi connectivity index (χ0v) is 37.8. The van der Waals surface area contributed by atoms with Gasteiger partial charge in [0.2, 0.25) is 11.8 Å². The summed E-state index contributed by atoms with van der Waals surface area (Å²) in [6.45, 7) is 6.29. The van der Waals surface area contributed by atoms with E-state index in [-0.39, 0.29) is 74.9 Å². The normalized spacial score (nSPS) is 16.7. The van der Waals surface area contributed by atoms with Crippen LogP contribution in [0.5, 0.6) is 0 Å². The number of nitrogens with zero attached hydrogens (tertiary/aromatic N) is 4. The number of benzene rings is 3. The van der Waals surface area contributed by atoms with Crippen molar-refractivity contribution < 1.29 is 43.0 Å². The van der Waals surface area contributed by atoms with Crippen LogP contribution in [0.2, 0.25) is 0 Å². The van der Waals surface area contributed by atoms with Gasteiger partial charge in [-0.2, -0.15) is 18.6 Å². The molecule has 18 nitrogen and oxygen atoms in total. The predicted molar refractivity (Wildman–Crippen MR) is 245 cm³/mol. The van der Waals surface area contributed by atoms with E-state index in [0.29, 0.717) is 62.0 Å². The second-order valence-electron chi connectivity index (χ2n) is 16.6. The number of Topliss-reactive ketones (excluding diaryl/α,β-unsaturated/α-hetero) is 1. The van der Waals surface area contributed by atoms with Gasteiger partial charge in [0.1, 0.15) is 6.04 Å². The molecule has 1 fully saturated rings. The number of amides is 7. The SMILES string of the molecule is CN(C)C[C@@H](NC(=O)N1Cc2c(NC(=O)c3ccc(C(=O)CCCOCCOCCNc4cccc5c4C(=O)N(C4CCC(=O)NC4=O)C5=O)cc3)n[nH]c2C1(C)C)c1ccccc1.S. The fraction of sp³-hybridized carbons (Fsp3) is 0.391. The molecule has 1 unspecified atom stereocenters. The van der Waals surface area contributed by atoms with Gasteiger partial charge < -0.3 is 35.2 Å². The highest BCUT2D eigenvalue weighted by Crippen LogP contribution is 2.41. The highest BCUT2D eigenvalue weighted by Gasteiger charge is 2.46. The van der Waals surface area contributed by atoms with E-state index < -0.39 is 41.1 Å². The molecule has 1 saturated heterocycles. The molecule has 65 heavy (non-hydrogen) atoms. The lowest BCUT2D eigenvalue weighted by Gasteiger charge is -2.34. The van der Waals surface area contributed by atoms with Crippen LogP contribution in [0.25, 0.3) is 0 Å². The number of urea groups is 1. The molecule has 4 heterocycles. The minimum absolute atomic E-state index is 0. The molecule has 0 saturated carbocycles. The molecule has 0 radical (unpaired) electrons. The van der Waals surface area contributed by atoms with E-state index in [2.05, 4.69) is 31.5 Å². The fourth-order valence-electron chi connectivity index (χ4n) is 8.17. The lowest BCUT2D eigenvalue weighted by Crippen LogP contribution is -2.54. The number of anilines is 2. The zero-order chi connectivity index (χ0) is 45.5. The number of hydrogen-bond acceptors (Lipinski definition) is 12. The van der Waals surface area contributed by atoms with Crippen molar-refractivity contribution in [2.24, 2.45) is 0 Å². The number of carbonyl (C=O) groups excluding carboxylic acids is 7. The molecule has 0 spiro atoms. The van der Waals surface area contributed by atoms with Crippen LogP contribution >= 0.6 is 13.5 Å². The molecule has 7 amide bonds. The maximum Gasteiger partial charge on any atom is 0.319 e. The summed E-state index contributed by atoms with van der Waals surface area (Å²) in [5.74, 6) is -2.41. The number of fused-ring (bicyclic) bond motifs is 2. The lowest BCUT2D eigenvalue weighted by molar-refractivity contribution is -0.136. The summed E-state index contributed by atoms with van der Waals surface area (Å²) >= 11 is 0. The van der Waals surface area contributed by atoms with E-state index in [0.717, 1.165) is 21.7 Å². The first-order valence-electron chi connectivity index (χ1n) is 21.3. The van der Waals surface area contributed by atoms with Crippen molar-refractivity contribution in [1.29, 1.82) is 0 Å². The fourth-order valence-corrected chi connectivity index (χ4v) is 8.17. The number of piperidine rings is 1. The molecule has 0 aliphatic carbocycles. The van der Waals surface area contributed by atoms with E-state index in [1.807, 2.05) is 63.2 Å². The minimum atomic E-state index is -1.04. The number of carbonyl (C=O) groups is 7. The van der Waals surface area contributed by atoms with Crippen molar-refractivity contribution in [2.45, 2.75) is 63.7 Å². The van der Waals surface area contributed by atoms with Gasteiger partial charge in [0.25, 0.3) is 17.7 Å². The molecule has 5 N–H and O–H groups in total. The molecule has 344 valence electrons. The van der Waals surface area contributed by atoms with Gasteiger partial charge in [0.05, 0.1) is 54.8 Å². The van der Waals surface area contributed by atoms with Crippen molar-refractivity contribution >= 4 is 66.4 Å². The van der Waals surface area contributed by atoms with Crippen LogP contribution in [-0.2, 0) is 31.1 Å². The van der Waals surface area contributed by atoms with Gasteiger partial charge in [0, 0.05) is 54.9 Å². The average molecular weight is 910 g/mol. The Bertz CT molecular complexity index is 2420. The first-order chi connectivity index (χ1) is 30.7. The van der Waals surface area contributed by atoms with Crippen LogP contribution in [0.4, 0.5) is 16.3 Å². The van der Waals surface area contributed by atoms with Crippen molar-refractivity contribution in [2.75, 3.05) is 64.2 Å². The Labute approximate surface area is 383 Å². The highest BCUT2D eigenvalue weighted by molar-refractivity contribution is 7.59. The van der Waals surface area contributed by atoms with Gasteiger partial charge in [-0.25, -0.2) is 4.79 Å². The summed E-state index contributed by atoms with van der Waals surface area (Å²) in [4.78, 5) is 94.9. The smallest absolute Gasteiger partial charge is 0.319 e. The van der Waals surface area contributed by atoms with E-state index in [9.17, 15) is 33.6 Å². The Morgan fingerprint density at radius 2 is 1.60 bits per heavy atom. The number of H-pyrrole nitrogens is 1. The molecule has 7 rings (SSSR count). The molecule has 3 aliphatic rings. The third-order valence-corrected chi connectivity index (χ3v) is 11.6. The second-order valence-corrected chi connectivity index (χ2v) is 16.6. The third kappa shape index (κ3) is 10.8. The number of imide groups is 2. The Balaban J connectivity index is 0.00000700. The van der Waals surface area contributed by atoms with Crippen LogP contribution < -0.4 is 21.3 Å². The molecule has 2 atom stereocenters. The highest BCUT2D eigenvalue weighted by atomic mass is 32.1. The first kappa shape index (κ1) is 48.1. The van der Waals surface area contributed by atoms with E-state index >= 15 is 0 Å². The largest absolute Gasteiger partial charge is 0.382 e. The molecular formula is C46H55N9O9S. The van der Waals surface area contributed by atoms with Crippen LogP contribution in [0.1, 0.15) is 104 Å². The summed E-state index contributed by atoms with van der Waals surface area (Å²) < 4.78 is 11.3. The zero-order valence-electron chi connectivity index (χ0n) is 36.8. The summed E-state index contributed by atoms with van der Waals surface area (Å²) in [6.07, 6.45) is 0.862. The Morgan fingerprint density at radius 3 is 2.31 bits per heavy atom. The standard InChI is InChI=1S/C46H53N9O9.H2S/c1-46(2)39-32(26-54(46)45(62)48-34(27-53(3)4)28-10-6-5-7-11-28)40(52-51-39)50-41(58)30-17-15-29(16-18-30)36(56)14-9-22-63-24-25-64-23-21-47-33-13-8-12-31-38(33)44(61)55(43(31)60)35-19-20-37(57)49-42(35)59;/h5-8,10-13,15-18,34-35,47H,9,14,19-27H2,1-4H3,(H,48,62)(H,49,57,59)(H2,50,51,52,58);1H2/t34-,35?;/m1./s1. The molecular weight excluding hydrogens is 855 g/mol. The lowest BCUT2D eigenvalue weighted by atomic mass is 10.0. The summed E-state index contributed by atoms with van der Waals surface area (Å²) in [6, 6.07) is 19.6. The number of nitrogens with one attached hydrogen (secondary N) is 5. The number of aromatic amines is 1. The van der Waals surface area contributed by atoms with Crippen molar-refractivity contribution in [1.82, 2.24) is 35.5 Å². The van der Waals surface area contributed by atoms with Gasteiger partial charge >= 0.3 is 6.03 Å². The number of rotatable bonds is 19. The van der Waals surface area contributed by atoms with Gasteiger partial charge in [-0.3, -0.25) is 44.1 Å². The number of hydrogen-bond donors (Lipinski definition) is 5. The molecule has 19 heteroatoms. The van der Waals surface area contributed by atoms with Crippen molar-refractivity contribution in [3.8, 4) is 0 Å². The molecule has 3 aromatic carbocycles. The minimum Gasteiger partial charge on any atom is -0.382 e. The van der Waals surface area contributed by atoms with Crippen molar-refractivity contribution in [3.05, 3.63) is 112 Å². The third-order valence-electron chi connectivity index (χ3n) is 11.6. The Hall–Kier alpha value is -6.41. The number of ketones is 1. The Morgan fingerprint density at radius 1 is 0.892 bits per heavy atom. The van der Waals surface area contributed by atoms with Crippen LogP contribution in [0, 0.1) is 0 Å². The topological polar surface area (TPSA) is 224 Å². The number of likely N-dealkylation sites (N-methyl/N-ethyl adjacent to an activating group) is 1. The second kappa shape index (κ2) is 21.1. The maximum absolute atomic E-state index is 13.7. The van der Waals surface area contributed by atoms with Crippen LogP contribution in [0.15, 0.2) is 72.8 Å². The average Bonchev–Trinajstić information content (AvgIpc) is 3.89. The van der Waals surface area contributed by atoms with E-state index in [4.69, 9.17) is 9.47 Å². The van der Waals surface area contributed by atoms with E-state index in [1.165, 1.54) is 6.07 Å². The summed E-state index contributed by atoms with van der Waals surface area (Å²) in [5.41, 5.74) is 3.37. The molecule has 3 aliphatic heterocycles. The van der Waals surface area contributed by atoms with Crippen molar-refractivity contribution in [3.63, 3.8) is 0 Å². The van der Waals surface area contributed by atoms with Gasteiger partial charge in [-0.05, 0) is 70.6 Å². The van der Waals surface area contributed by atoms with Gasteiger partial charge in [-0.1, -0.05) is 48.5 Å². The number of ether oxygens (including phenoxy) is 2.